The molecule has 0 N–H and O–H groups in total. The Bertz CT molecular complexity index is 780. The Kier molecular flexibility index (Phi) is 7.51. The van der Waals surface area contributed by atoms with Crippen molar-refractivity contribution in [3.05, 3.63) is 71.0 Å². The fourth-order valence-electron chi connectivity index (χ4n) is 3.58. The second kappa shape index (κ2) is 10.1. The molecule has 1 aliphatic rings. The molecule has 0 bridgehead atoms. The Morgan fingerprint density at radius 1 is 1.25 bits per heavy atom. The lowest BCUT2D eigenvalue weighted by atomic mass is 10.1. The number of aryl methyl sites for hydroxylation is 1. The van der Waals surface area contributed by atoms with Gasteiger partial charge in [-0.2, -0.15) is 0 Å². The zero-order valence-corrected chi connectivity index (χ0v) is 17.6. The van der Waals surface area contributed by atoms with E-state index in [1.165, 1.54) is 23.3 Å². The van der Waals surface area contributed by atoms with Gasteiger partial charge in [-0.05, 0) is 43.1 Å². The van der Waals surface area contributed by atoms with Crippen LogP contribution in [0.15, 0.2) is 48.5 Å². The molecule has 2 aromatic rings. The largest absolute Gasteiger partial charge is 0.325 e. The first-order valence-corrected chi connectivity index (χ1v) is 11.1. The molecule has 1 aliphatic heterocycles. The van der Waals surface area contributed by atoms with Crippen LogP contribution >= 0.6 is 11.8 Å². The summed E-state index contributed by atoms with van der Waals surface area (Å²) in [6.07, 6.45) is 2.19. The number of hydrogen-bond acceptors (Lipinski definition) is 3. The molecule has 1 atom stereocenters. The van der Waals surface area contributed by atoms with Gasteiger partial charge >= 0.3 is 0 Å². The quantitative estimate of drug-likeness (QED) is 0.622. The van der Waals surface area contributed by atoms with Gasteiger partial charge in [0.25, 0.3) is 0 Å². The van der Waals surface area contributed by atoms with Crippen LogP contribution in [0, 0.1) is 12.7 Å². The smallest absolute Gasteiger partial charge is 0.237 e. The third kappa shape index (κ3) is 5.58. The Morgan fingerprint density at radius 2 is 2.04 bits per heavy atom. The first kappa shape index (κ1) is 20.9. The second-order valence-corrected chi connectivity index (χ2v) is 8.60. The zero-order chi connectivity index (χ0) is 19.9. The first-order valence-electron chi connectivity index (χ1n) is 10.0. The fourth-order valence-corrected chi connectivity index (χ4v) is 4.85. The van der Waals surface area contributed by atoms with Crippen LogP contribution in [0.3, 0.4) is 0 Å². The number of benzene rings is 2. The summed E-state index contributed by atoms with van der Waals surface area (Å²) in [5.41, 5.74) is 3.48. The van der Waals surface area contributed by atoms with Gasteiger partial charge in [-0.15, -0.1) is 11.8 Å². The minimum Gasteiger partial charge on any atom is -0.325 e. The molecule has 0 unspecified atom stereocenters. The molecular weight excluding hydrogens is 371 g/mol. The number of carbonyl (C=O) groups excluding carboxylic acids is 1. The van der Waals surface area contributed by atoms with E-state index in [1.807, 2.05) is 4.90 Å². The lowest BCUT2D eigenvalue weighted by molar-refractivity contribution is -0.132. The minimum atomic E-state index is -0.242. The third-order valence-corrected chi connectivity index (χ3v) is 6.30. The van der Waals surface area contributed by atoms with E-state index >= 15 is 0 Å². The second-order valence-electron chi connectivity index (χ2n) is 7.42. The number of nitrogens with zero attached hydrogens (tertiary/aromatic N) is 2. The maximum absolute atomic E-state index is 13.3. The van der Waals surface area contributed by atoms with Gasteiger partial charge in [0.05, 0.1) is 6.54 Å². The van der Waals surface area contributed by atoms with Gasteiger partial charge in [0.1, 0.15) is 11.2 Å². The normalized spacial score (nSPS) is 16.7. The molecule has 1 fully saturated rings. The van der Waals surface area contributed by atoms with Crippen LogP contribution in [-0.2, 0) is 11.3 Å². The highest BCUT2D eigenvalue weighted by molar-refractivity contribution is 7.99. The number of carbonyl (C=O) groups is 1. The lowest BCUT2D eigenvalue weighted by Gasteiger charge is -2.28. The maximum Gasteiger partial charge on any atom is 0.237 e. The Balaban J connectivity index is 1.68. The monoisotopic (exact) mass is 400 g/mol. The molecule has 0 saturated carbocycles. The predicted octanol–water partition coefficient (Wildman–Crippen LogP) is 5.01. The van der Waals surface area contributed by atoms with Crippen molar-refractivity contribution < 1.29 is 9.18 Å². The summed E-state index contributed by atoms with van der Waals surface area (Å²) in [6.45, 7) is 7.14. The van der Waals surface area contributed by atoms with Crippen LogP contribution in [0.4, 0.5) is 4.39 Å². The highest BCUT2D eigenvalue weighted by atomic mass is 32.2. The lowest BCUT2D eigenvalue weighted by Crippen LogP contribution is -2.40. The van der Waals surface area contributed by atoms with Crippen molar-refractivity contribution in [2.24, 2.45) is 0 Å². The molecule has 0 aliphatic carbocycles. The van der Waals surface area contributed by atoms with Crippen molar-refractivity contribution in [2.75, 3.05) is 25.4 Å². The summed E-state index contributed by atoms with van der Waals surface area (Å²) >= 11 is 1.75. The van der Waals surface area contributed by atoms with E-state index in [0.29, 0.717) is 6.54 Å². The van der Waals surface area contributed by atoms with Crippen LogP contribution in [0.25, 0.3) is 0 Å². The number of halogens is 1. The van der Waals surface area contributed by atoms with Gasteiger partial charge in [0.2, 0.25) is 5.91 Å². The molecular formula is C23H29FN2OS. The SMILES string of the molecule is CCCCN(CC(=O)N1CCS[C@H]1c1ccc(F)cc1)Cc1cccc(C)c1. The topological polar surface area (TPSA) is 23.6 Å². The Morgan fingerprint density at radius 3 is 2.75 bits per heavy atom. The van der Waals surface area contributed by atoms with Crippen molar-refractivity contribution in [1.29, 1.82) is 0 Å². The highest BCUT2D eigenvalue weighted by Gasteiger charge is 2.31. The molecule has 0 radical (unpaired) electrons. The van der Waals surface area contributed by atoms with E-state index in [4.69, 9.17) is 0 Å². The molecule has 5 heteroatoms. The van der Waals surface area contributed by atoms with Gasteiger partial charge in [0, 0.05) is 18.8 Å². The van der Waals surface area contributed by atoms with Crippen molar-refractivity contribution in [3.8, 4) is 0 Å². The van der Waals surface area contributed by atoms with Crippen LogP contribution in [0.2, 0.25) is 0 Å². The number of amides is 1. The molecule has 0 aromatic heterocycles. The van der Waals surface area contributed by atoms with E-state index < -0.39 is 0 Å². The standard InChI is InChI=1S/C23H29FN2OS/c1-3-4-12-25(16-19-7-5-6-18(2)15-19)17-22(27)26-13-14-28-23(26)20-8-10-21(24)11-9-20/h5-11,15,23H,3-4,12-14,16-17H2,1-2H3/t23-/m0/s1. The first-order chi connectivity index (χ1) is 13.6. The van der Waals surface area contributed by atoms with Crippen molar-refractivity contribution >= 4 is 17.7 Å². The average molecular weight is 401 g/mol. The summed E-state index contributed by atoms with van der Waals surface area (Å²) in [6, 6.07) is 15.0. The van der Waals surface area contributed by atoms with E-state index in [2.05, 4.69) is 43.0 Å². The maximum atomic E-state index is 13.3. The summed E-state index contributed by atoms with van der Waals surface area (Å²) in [7, 11) is 0. The molecule has 1 heterocycles. The molecule has 3 nitrogen and oxygen atoms in total. The van der Waals surface area contributed by atoms with Crippen LogP contribution in [0.1, 0.15) is 41.8 Å². The Hall–Kier alpha value is -1.85. The van der Waals surface area contributed by atoms with E-state index in [1.54, 1.807) is 23.9 Å². The van der Waals surface area contributed by atoms with E-state index in [0.717, 1.165) is 43.8 Å². The van der Waals surface area contributed by atoms with Gasteiger partial charge in [0.15, 0.2) is 0 Å². The molecule has 3 rings (SSSR count). The van der Waals surface area contributed by atoms with Crippen LogP contribution in [-0.4, -0.2) is 41.1 Å². The summed E-state index contributed by atoms with van der Waals surface area (Å²) < 4.78 is 13.3. The minimum absolute atomic E-state index is 0.0138. The number of rotatable bonds is 8. The van der Waals surface area contributed by atoms with Crippen molar-refractivity contribution in [1.82, 2.24) is 9.80 Å². The van der Waals surface area contributed by atoms with E-state index in [-0.39, 0.29) is 17.1 Å². The molecule has 2 aromatic carbocycles. The summed E-state index contributed by atoms with van der Waals surface area (Å²) in [5, 5.41) is -0.0138. The van der Waals surface area contributed by atoms with Gasteiger partial charge in [-0.3, -0.25) is 9.69 Å². The predicted molar refractivity (Wildman–Crippen MR) is 115 cm³/mol. The average Bonchev–Trinajstić information content (AvgIpc) is 3.16. The molecule has 28 heavy (non-hydrogen) atoms. The third-order valence-electron chi connectivity index (χ3n) is 5.04. The highest BCUT2D eigenvalue weighted by Crippen LogP contribution is 2.37. The van der Waals surface area contributed by atoms with E-state index in [9.17, 15) is 9.18 Å². The van der Waals surface area contributed by atoms with Crippen LogP contribution in [0.5, 0.6) is 0 Å². The number of hydrogen-bond donors (Lipinski definition) is 0. The molecule has 150 valence electrons. The van der Waals surface area contributed by atoms with Crippen molar-refractivity contribution in [3.63, 3.8) is 0 Å². The van der Waals surface area contributed by atoms with Gasteiger partial charge < -0.3 is 4.90 Å². The summed E-state index contributed by atoms with van der Waals surface area (Å²) in [5.74, 6) is 0.831. The number of unbranched alkanes of at least 4 members (excludes halogenated alkanes) is 1. The fraction of sp³-hybridized carbons (Fsp3) is 0.435. The van der Waals surface area contributed by atoms with Gasteiger partial charge in [-0.1, -0.05) is 55.3 Å². The zero-order valence-electron chi connectivity index (χ0n) is 16.7. The Labute approximate surface area is 171 Å². The van der Waals surface area contributed by atoms with Crippen LogP contribution < -0.4 is 0 Å². The van der Waals surface area contributed by atoms with Gasteiger partial charge in [-0.25, -0.2) is 4.39 Å². The molecule has 1 saturated heterocycles. The van der Waals surface area contributed by atoms with Crippen molar-refractivity contribution in [2.45, 2.75) is 38.6 Å². The molecule has 0 spiro atoms. The summed E-state index contributed by atoms with van der Waals surface area (Å²) in [4.78, 5) is 17.3. The molecule has 1 amide bonds. The number of thioether (sulfide) groups is 1.